The smallest absolute Gasteiger partial charge is 0.149 e. The first-order valence-electron chi connectivity index (χ1n) is 4.10. The molecular weight excluding hydrogens is 140 g/mol. The predicted octanol–water partition coefficient (Wildman–Crippen LogP) is 1.58. The van der Waals surface area contributed by atoms with Gasteiger partial charge in [-0.05, 0) is 13.3 Å². The monoisotopic (exact) mass is 154 g/mol. The SMILES string of the molecule is CC[C@]1(C)C(=O)C[C@H](C)C1=O. The lowest BCUT2D eigenvalue weighted by molar-refractivity contribution is -0.134. The number of Topliss-reactive ketones (excluding diaryl/α,β-unsaturated/α-hetero) is 2. The molecule has 0 radical (unpaired) electrons. The highest BCUT2D eigenvalue weighted by Gasteiger charge is 2.47. The van der Waals surface area contributed by atoms with Crippen molar-refractivity contribution in [1.29, 1.82) is 0 Å². The van der Waals surface area contributed by atoms with Crippen LogP contribution in [0.4, 0.5) is 0 Å². The second-order valence-corrected chi connectivity index (χ2v) is 3.58. The van der Waals surface area contributed by atoms with Gasteiger partial charge in [-0.3, -0.25) is 9.59 Å². The van der Waals surface area contributed by atoms with Crippen molar-refractivity contribution in [2.45, 2.75) is 33.6 Å². The molecule has 0 bridgehead atoms. The molecule has 0 aromatic rings. The Morgan fingerprint density at radius 2 is 2.09 bits per heavy atom. The van der Waals surface area contributed by atoms with E-state index in [1.165, 1.54) is 0 Å². The van der Waals surface area contributed by atoms with Crippen LogP contribution < -0.4 is 0 Å². The van der Waals surface area contributed by atoms with Gasteiger partial charge in [-0.1, -0.05) is 13.8 Å². The van der Waals surface area contributed by atoms with E-state index in [1.54, 1.807) is 6.92 Å². The van der Waals surface area contributed by atoms with Crippen LogP contribution in [0.15, 0.2) is 0 Å². The second kappa shape index (κ2) is 2.43. The molecule has 1 aliphatic rings. The number of carbonyl (C=O) groups is 2. The van der Waals surface area contributed by atoms with Gasteiger partial charge in [0.15, 0.2) is 0 Å². The van der Waals surface area contributed by atoms with Gasteiger partial charge >= 0.3 is 0 Å². The molecule has 0 aromatic carbocycles. The van der Waals surface area contributed by atoms with Crippen LogP contribution in [0.2, 0.25) is 0 Å². The van der Waals surface area contributed by atoms with E-state index in [4.69, 9.17) is 0 Å². The van der Waals surface area contributed by atoms with Crippen LogP contribution in [0, 0.1) is 11.3 Å². The van der Waals surface area contributed by atoms with Gasteiger partial charge < -0.3 is 0 Å². The summed E-state index contributed by atoms with van der Waals surface area (Å²) in [6, 6.07) is 0. The maximum atomic E-state index is 11.4. The van der Waals surface area contributed by atoms with E-state index < -0.39 is 5.41 Å². The third-order valence-electron chi connectivity index (χ3n) is 2.81. The van der Waals surface area contributed by atoms with Crippen LogP contribution in [0.1, 0.15) is 33.6 Å². The lowest BCUT2D eigenvalue weighted by Crippen LogP contribution is -2.29. The molecule has 1 saturated carbocycles. The van der Waals surface area contributed by atoms with E-state index in [-0.39, 0.29) is 17.5 Å². The Morgan fingerprint density at radius 3 is 2.27 bits per heavy atom. The standard InChI is InChI=1S/C9H14O2/c1-4-9(3)7(10)5-6(2)8(9)11/h6H,4-5H2,1-3H3/t6-,9+/m0/s1. The summed E-state index contributed by atoms with van der Waals surface area (Å²) in [6.45, 7) is 5.50. The maximum Gasteiger partial charge on any atom is 0.149 e. The van der Waals surface area contributed by atoms with Crippen LogP contribution in [0.25, 0.3) is 0 Å². The fourth-order valence-electron chi connectivity index (χ4n) is 1.65. The first kappa shape index (κ1) is 8.44. The Bertz CT molecular complexity index is 208. The van der Waals surface area contributed by atoms with E-state index >= 15 is 0 Å². The third kappa shape index (κ3) is 1.01. The Morgan fingerprint density at radius 1 is 1.55 bits per heavy atom. The van der Waals surface area contributed by atoms with Gasteiger partial charge in [0, 0.05) is 12.3 Å². The van der Waals surface area contributed by atoms with Crippen LogP contribution >= 0.6 is 0 Å². The number of rotatable bonds is 1. The molecule has 0 saturated heterocycles. The zero-order chi connectivity index (χ0) is 8.65. The molecular formula is C9H14O2. The minimum atomic E-state index is -0.653. The predicted molar refractivity (Wildman–Crippen MR) is 42.2 cm³/mol. The van der Waals surface area contributed by atoms with Gasteiger partial charge in [0.25, 0.3) is 0 Å². The topological polar surface area (TPSA) is 34.1 Å². The van der Waals surface area contributed by atoms with Gasteiger partial charge in [0.1, 0.15) is 11.6 Å². The second-order valence-electron chi connectivity index (χ2n) is 3.58. The fraction of sp³-hybridized carbons (Fsp3) is 0.778. The summed E-state index contributed by atoms with van der Waals surface area (Å²) < 4.78 is 0. The Labute approximate surface area is 67.0 Å². The van der Waals surface area contributed by atoms with E-state index in [2.05, 4.69) is 0 Å². The van der Waals surface area contributed by atoms with Gasteiger partial charge in [0.05, 0.1) is 5.41 Å². The zero-order valence-corrected chi connectivity index (χ0v) is 7.31. The summed E-state index contributed by atoms with van der Waals surface area (Å²) in [6.07, 6.45) is 1.10. The van der Waals surface area contributed by atoms with E-state index in [0.29, 0.717) is 12.8 Å². The number of hydrogen-bond donors (Lipinski definition) is 0. The van der Waals surface area contributed by atoms with Crippen molar-refractivity contribution < 1.29 is 9.59 Å². The van der Waals surface area contributed by atoms with E-state index in [1.807, 2.05) is 13.8 Å². The zero-order valence-electron chi connectivity index (χ0n) is 7.31. The molecule has 11 heavy (non-hydrogen) atoms. The largest absolute Gasteiger partial charge is 0.299 e. The Hall–Kier alpha value is -0.660. The van der Waals surface area contributed by atoms with Crippen molar-refractivity contribution in [3.05, 3.63) is 0 Å². The minimum Gasteiger partial charge on any atom is -0.299 e. The van der Waals surface area contributed by atoms with Crippen molar-refractivity contribution in [2.75, 3.05) is 0 Å². The summed E-state index contributed by atoms with van der Waals surface area (Å²) in [5, 5.41) is 0. The summed E-state index contributed by atoms with van der Waals surface area (Å²) >= 11 is 0. The summed E-state index contributed by atoms with van der Waals surface area (Å²) in [7, 11) is 0. The lowest BCUT2D eigenvalue weighted by atomic mass is 9.83. The molecule has 0 amide bonds. The van der Waals surface area contributed by atoms with Gasteiger partial charge in [-0.25, -0.2) is 0 Å². The molecule has 0 N–H and O–H groups in total. The van der Waals surface area contributed by atoms with Crippen LogP contribution in [-0.4, -0.2) is 11.6 Å². The first-order chi connectivity index (χ1) is 5.02. The first-order valence-corrected chi connectivity index (χ1v) is 4.10. The summed E-state index contributed by atoms with van der Waals surface area (Å²) in [4.78, 5) is 22.8. The van der Waals surface area contributed by atoms with E-state index in [0.717, 1.165) is 0 Å². The van der Waals surface area contributed by atoms with Crippen molar-refractivity contribution in [3.63, 3.8) is 0 Å². The molecule has 2 atom stereocenters. The molecule has 0 aromatic heterocycles. The number of carbonyl (C=O) groups excluding carboxylic acids is 2. The normalized spacial score (nSPS) is 38.3. The Balaban J connectivity index is 2.96. The summed E-state index contributed by atoms with van der Waals surface area (Å²) in [5.41, 5.74) is -0.653. The van der Waals surface area contributed by atoms with Crippen molar-refractivity contribution in [1.82, 2.24) is 0 Å². The molecule has 1 fully saturated rings. The molecule has 2 heteroatoms. The van der Waals surface area contributed by atoms with E-state index in [9.17, 15) is 9.59 Å². The highest BCUT2D eigenvalue weighted by Crippen LogP contribution is 2.37. The number of hydrogen-bond acceptors (Lipinski definition) is 2. The fourth-order valence-corrected chi connectivity index (χ4v) is 1.65. The maximum absolute atomic E-state index is 11.4. The van der Waals surface area contributed by atoms with Crippen molar-refractivity contribution in [3.8, 4) is 0 Å². The van der Waals surface area contributed by atoms with Gasteiger partial charge in [0.2, 0.25) is 0 Å². The van der Waals surface area contributed by atoms with Crippen LogP contribution in [-0.2, 0) is 9.59 Å². The average Bonchev–Trinajstić information content (AvgIpc) is 2.16. The molecule has 62 valence electrons. The van der Waals surface area contributed by atoms with Gasteiger partial charge in [-0.2, -0.15) is 0 Å². The third-order valence-corrected chi connectivity index (χ3v) is 2.81. The minimum absolute atomic E-state index is 0.0487. The quantitative estimate of drug-likeness (QED) is 0.537. The average molecular weight is 154 g/mol. The molecule has 2 nitrogen and oxygen atoms in total. The number of ketones is 2. The van der Waals surface area contributed by atoms with Gasteiger partial charge in [-0.15, -0.1) is 0 Å². The van der Waals surface area contributed by atoms with Crippen LogP contribution in [0.3, 0.4) is 0 Å². The van der Waals surface area contributed by atoms with Crippen molar-refractivity contribution >= 4 is 11.6 Å². The molecule has 1 aliphatic carbocycles. The van der Waals surface area contributed by atoms with Crippen molar-refractivity contribution in [2.24, 2.45) is 11.3 Å². The highest BCUT2D eigenvalue weighted by atomic mass is 16.2. The lowest BCUT2D eigenvalue weighted by Gasteiger charge is -2.17. The molecule has 0 heterocycles. The Kier molecular flexibility index (Phi) is 1.87. The molecule has 1 rings (SSSR count). The van der Waals surface area contributed by atoms with Crippen LogP contribution in [0.5, 0.6) is 0 Å². The highest BCUT2D eigenvalue weighted by molar-refractivity contribution is 6.13. The summed E-state index contributed by atoms with van der Waals surface area (Å²) in [5.74, 6) is 0.204. The molecule has 0 aliphatic heterocycles. The molecule has 0 spiro atoms. The molecule has 0 unspecified atom stereocenters.